The third-order valence-corrected chi connectivity index (χ3v) is 8.77. The van der Waals surface area contributed by atoms with E-state index in [2.05, 4.69) is 24.4 Å². The SMILES string of the molecule is Cn1nc(C2CCN(C[C@H]3C[C@@H]3C(=O)N3CCC[C@@H](Cn4ccnc4)C3)CC2)c2ccc(C(F)(F)F)cc21. The van der Waals surface area contributed by atoms with Gasteiger partial charge in [-0.2, -0.15) is 18.3 Å². The van der Waals surface area contributed by atoms with E-state index in [9.17, 15) is 18.0 Å². The maximum atomic E-state index is 13.2. The molecule has 1 saturated carbocycles. The average Bonchev–Trinajstić information content (AvgIpc) is 3.31. The second-order valence-corrected chi connectivity index (χ2v) is 11.5. The number of rotatable bonds is 6. The van der Waals surface area contributed by atoms with E-state index < -0.39 is 11.7 Å². The molecule has 2 aromatic heterocycles. The number of hydrogen-bond donors (Lipinski definition) is 0. The number of carbonyl (C=O) groups is 1. The van der Waals surface area contributed by atoms with Crippen LogP contribution in [0.3, 0.4) is 0 Å². The second-order valence-electron chi connectivity index (χ2n) is 11.5. The number of fused-ring (bicyclic) bond motifs is 1. The number of piperidine rings is 2. The van der Waals surface area contributed by atoms with Crippen molar-refractivity contribution in [3.63, 3.8) is 0 Å². The number of likely N-dealkylation sites (tertiary alicyclic amines) is 2. The molecule has 0 unspecified atom stereocenters. The first-order chi connectivity index (χ1) is 18.3. The van der Waals surface area contributed by atoms with Gasteiger partial charge in [-0.3, -0.25) is 9.48 Å². The summed E-state index contributed by atoms with van der Waals surface area (Å²) >= 11 is 0. The zero-order valence-electron chi connectivity index (χ0n) is 21.8. The molecule has 1 amide bonds. The Morgan fingerprint density at radius 2 is 1.92 bits per heavy atom. The van der Waals surface area contributed by atoms with E-state index in [-0.39, 0.29) is 11.8 Å². The lowest BCUT2D eigenvalue weighted by Crippen LogP contribution is -2.42. The van der Waals surface area contributed by atoms with Crippen molar-refractivity contribution in [2.45, 2.75) is 50.7 Å². The van der Waals surface area contributed by atoms with Crippen LogP contribution in [0.2, 0.25) is 0 Å². The number of benzene rings is 1. The minimum atomic E-state index is -4.36. The Kier molecular flexibility index (Phi) is 6.70. The lowest BCUT2D eigenvalue weighted by molar-refractivity contribution is -0.137. The summed E-state index contributed by atoms with van der Waals surface area (Å²) in [5.41, 5.74) is 0.799. The molecule has 1 aliphatic carbocycles. The van der Waals surface area contributed by atoms with Crippen molar-refractivity contribution in [2.24, 2.45) is 24.8 Å². The van der Waals surface area contributed by atoms with Gasteiger partial charge in [-0.05, 0) is 69.2 Å². The fraction of sp³-hybridized carbons (Fsp3) is 0.607. The largest absolute Gasteiger partial charge is 0.416 e. The number of alkyl halides is 3. The summed E-state index contributed by atoms with van der Waals surface area (Å²) in [6.45, 7) is 5.44. The quantitative estimate of drug-likeness (QED) is 0.471. The van der Waals surface area contributed by atoms with Crippen LogP contribution in [0.15, 0.2) is 36.9 Å². The zero-order chi connectivity index (χ0) is 26.4. The standard InChI is InChI=1S/C28H35F3N6O/c1-34-25-14-22(28(29,30)31)4-5-23(25)26(33-34)20-6-10-35(11-7-20)17-21-13-24(21)27(38)37-9-2-3-19(16-37)15-36-12-8-32-18-36/h4-5,8,12,14,18-21,24H,2-3,6-7,9-11,13,15-17H2,1H3/t19-,21+,24-/m0/s1. The van der Waals surface area contributed by atoms with E-state index in [0.29, 0.717) is 23.3 Å². The molecule has 2 saturated heterocycles. The maximum Gasteiger partial charge on any atom is 0.416 e. The predicted octanol–water partition coefficient (Wildman–Crippen LogP) is 4.54. The molecule has 2 aliphatic heterocycles. The van der Waals surface area contributed by atoms with Gasteiger partial charge in [0, 0.05) is 62.8 Å². The highest BCUT2D eigenvalue weighted by Gasteiger charge is 2.46. The average molecular weight is 529 g/mol. The fourth-order valence-corrected chi connectivity index (χ4v) is 6.58. The molecule has 0 spiro atoms. The highest BCUT2D eigenvalue weighted by molar-refractivity contribution is 5.83. The van der Waals surface area contributed by atoms with Gasteiger partial charge in [0.1, 0.15) is 0 Å². The summed E-state index contributed by atoms with van der Waals surface area (Å²) in [7, 11) is 1.72. The summed E-state index contributed by atoms with van der Waals surface area (Å²) in [4.78, 5) is 21.9. The minimum Gasteiger partial charge on any atom is -0.342 e. The van der Waals surface area contributed by atoms with Gasteiger partial charge < -0.3 is 14.4 Å². The summed E-state index contributed by atoms with van der Waals surface area (Å²) in [5.74, 6) is 1.65. The normalized spacial score (nSPS) is 25.3. The molecule has 6 rings (SSSR count). The lowest BCUT2D eigenvalue weighted by Gasteiger charge is -2.34. The Hall–Kier alpha value is -2.88. The van der Waals surface area contributed by atoms with Crippen molar-refractivity contribution in [1.82, 2.24) is 29.1 Å². The molecule has 10 heteroatoms. The fourth-order valence-electron chi connectivity index (χ4n) is 6.58. The van der Waals surface area contributed by atoms with Gasteiger partial charge >= 0.3 is 6.18 Å². The Morgan fingerprint density at radius 3 is 2.66 bits per heavy atom. The number of imidazole rings is 1. The number of nitrogens with zero attached hydrogens (tertiary/aromatic N) is 6. The van der Waals surface area contributed by atoms with E-state index >= 15 is 0 Å². The molecule has 0 N–H and O–H groups in total. The molecular formula is C28H35F3N6O. The van der Waals surface area contributed by atoms with Crippen LogP contribution in [0.1, 0.15) is 49.3 Å². The van der Waals surface area contributed by atoms with Crippen LogP contribution < -0.4 is 0 Å². The van der Waals surface area contributed by atoms with Gasteiger partial charge in [0.25, 0.3) is 0 Å². The van der Waals surface area contributed by atoms with Gasteiger partial charge in [-0.25, -0.2) is 4.98 Å². The number of carbonyl (C=O) groups excluding carboxylic acids is 1. The Balaban J connectivity index is 1.00. The Labute approximate surface area is 220 Å². The van der Waals surface area contributed by atoms with Crippen molar-refractivity contribution in [3.8, 4) is 0 Å². The monoisotopic (exact) mass is 528 g/mol. The molecule has 7 nitrogen and oxygen atoms in total. The third kappa shape index (κ3) is 5.19. The second kappa shape index (κ2) is 10.0. The molecule has 3 aliphatic rings. The number of hydrogen-bond acceptors (Lipinski definition) is 4. The van der Waals surface area contributed by atoms with Gasteiger partial charge in [0.2, 0.25) is 5.91 Å². The third-order valence-electron chi connectivity index (χ3n) is 8.77. The number of amides is 1. The minimum absolute atomic E-state index is 0.155. The number of halogens is 3. The van der Waals surface area contributed by atoms with Crippen LogP contribution in [-0.4, -0.2) is 67.8 Å². The summed E-state index contributed by atoms with van der Waals surface area (Å²) in [6, 6.07) is 3.94. The molecule has 3 aromatic rings. The van der Waals surface area contributed by atoms with Crippen LogP contribution in [-0.2, 0) is 24.6 Å². The smallest absolute Gasteiger partial charge is 0.342 e. The molecule has 3 fully saturated rings. The van der Waals surface area contributed by atoms with Gasteiger partial charge in [-0.1, -0.05) is 6.07 Å². The van der Waals surface area contributed by atoms with Crippen molar-refractivity contribution in [3.05, 3.63) is 48.2 Å². The van der Waals surface area contributed by atoms with E-state index in [4.69, 9.17) is 0 Å². The Bertz CT molecular complexity index is 1280. The summed E-state index contributed by atoms with van der Waals surface area (Å²) < 4.78 is 43.2. The molecule has 3 atom stereocenters. The van der Waals surface area contributed by atoms with E-state index in [1.54, 1.807) is 24.0 Å². The first-order valence-corrected chi connectivity index (χ1v) is 13.8. The van der Waals surface area contributed by atoms with Crippen LogP contribution in [0.4, 0.5) is 13.2 Å². The molecule has 204 valence electrons. The topological polar surface area (TPSA) is 59.2 Å². The van der Waals surface area contributed by atoms with Crippen molar-refractivity contribution < 1.29 is 18.0 Å². The molecule has 0 bridgehead atoms. The van der Waals surface area contributed by atoms with Crippen molar-refractivity contribution in [1.29, 1.82) is 0 Å². The molecule has 0 radical (unpaired) electrons. The van der Waals surface area contributed by atoms with Gasteiger partial charge in [-0.15, -0.1) is 0 Å². The highest BCUT2D eigenvalue weighted by Crippen LogP contribution is 2.42. The number of aromatic nitrogens is 4. The lowest BCUT2D eigenvalue weighted by atomic mass is 9.91. The van der Waals surface area contributed by atoms with Gasteiger partial charge in [0.05, 0.1) is 23.1 Å². The van der Waals surface area contributed by atoms with Gasteiger partial charge in [0.15, 0.2) is 0 Å². The zero-order valence-corrected chi connectivity index (χ0v) is 21.8. The molecular weight excluding hydrogens is 493 g/mol. The highest BCUT2D eigenvalue weighted by atomic mass is 19.4. The molecule has 38 heavy (non-hydrogen) atoms. The van der Waals surface area contributed by atoms with Crippen molar-refractivity contribution in [2.75, 3.05) is 32.7 Å². The van der Waals surface area contributed by atoms with E-state index in [1.165, 1.54) is 6.07 Å². The van der Waals surface area contributed by atoms with E-state index in [1.807, 2.05) is 12.5 Å². The van der Waals surface area contributed by atoms with Crippen LogP contribution in [0.5, 0.6) is 0 Å². The predicted molar refractivity (Wildman–Crippen MR) is 137 cm³/mol. The maximum absolute atomic E-state index is 13.2. The van der Waals surface area contributed by atoms with Crippen LogP contribution in [0, 0.1) is 17.8 Å². The molecule has 1 aromatic carbocycles. The number of aryl methyl sites for hydroxylation is 1. The van der Waals surface area contributed by atoms with Crippen LogP contribution in [0.25, 0.3) is 10.9 Å². The van der Waals surface area contributed by atoms with E-state index in [0.717, 1.165) is 88.5 Å². The summed E-state index contributed by atoms with van der Waals surface area (Å²) in [5, 5.41) is 5.45. The first kappa shape index (κ1) is 25.4. The van der Waals surface area contributed by atoms with Crippen LogP contribution >= 0.6 is 0 Å². The Morgan fingerprint density at radius 1 is 1.11 bits per heavy atom. The first-order valence-electron chi connectivity index (χ1n) is 13.8. The summed E-state index contributed by atoms with van der Waals surface area (Å²) in [6.07, 6.45) is 6.34. The van der Waals surface area contributed by atoms with Crippen molar-refractivity contribution >= 4 is 16.8 Å². The molecule has 4 heterocycles.